The maximum Gasteiger partial charge on any atom is 0.316 e. The molecule has 0 bridgehead atoms. The predicted molar refractivity (Wildman–Crippen MR) is 108 cm³/mol. The van der Waals surface area contributed by atoms with E-state index < -0.39 is 0 Å². The van der Waals surface area contributed by atoms with E-state index in [1.807, 2.05) is 41.5 Å². The van der Waals surface area contributed by atoms with Crippen LogP contribution in [0.4, 0.5) is 11.5 Å². The summed E-state index contributed by atoms with van der Waals surface area (Å²) in [6, 6.07) is 6.55. The zero-order chi connectivity index (χ0) is 19.6. The summed E-state index contributed by atoms with van der Waals surface area (Å²) < 4.78 is 12.5. The Kier molecular flexibility index (Phi) is 4.57. The molecule has 0 amide bonds. The van der Waals surface area contributed by atoms with E-state index in [-0.39, 0.29) is 0 Å². The van der Waals surface area contributed by atoms with Crippen LogP contribution in [0.2, 0.25) is 0 Å². The number of fused-ring (bicyclic) bond motifs is 1. The third-order valence-corrected chi connectivity index (χ3v) is 5.03. The highest BCUT2D eigenvalue weighted by molar-refractivity contribution is 5.86. The van der Waals surface area contributed by atoms with Crippen molar-refractivity contribution in [2.24, 2.45) is 0 Å². The highest BCUT2D eigenvalue weighted by atomic mass is 16.5. The molecule has 4 aromatic rings. The Balaban J connectivity index is 1.37. The minimum Gasteiger partial charge on any atom is -0.467 e. The quantitative estimate of drug-likeness (QED) is 0.538. The number of hydrogen-bond acceptors (Lipinski definition) is 7. The van der Waals surface area contributed by atoms with Gasteiger partial charge in [0.05, 0.1) is 41.9 Å². The lowest BCUT2D eigenvalue weighted by Gasteiger charge is -2.22. The highest BCUT2D eigenvalue weighted by Gasteiger charge is 2.16. The summed E-state index contributed by atoms with van der Waals surface area (Å²) in [5.41, 5.74) is 3.52. The molecule has 1 saturated heterocycles. The van der Waals surface area contributed by atoms with E-state index in [4.69, 9.17) is 9.47 Å². The van der Waals surface area contributed by atoms with Crippen molar-refractivity contribution in [3.8, 4) is 17.4 Å². The lowest BCUT2D eigenvalue weighted by atomic mass is 10.1. The van der Waals surface area contributed by atoms with Gasteiger partial charge >= 0.3 is 6.01 Å². The van der Waals surface area contributed by atoms with Gasteiger partial charge in [0.15, 0.2) is 0 Å². The molecule has 4 aromatic heterocycles. The topological polar surface area (TPSA) is 103 Å². The highest BCUT2D eigenvalue weighted by Crippen LogP contribution is 2.26. The summed E-state index contributed by atoms with van der Waals surface area (Å²) in [5.74, 6) is 0.748. The van der Waals surface area contributed by atoms with Crippen LogP contribution in [0.1, 0.15) is 18.9 Å². The second kappa shape index (κ2) is 7.51. The van der Waals surface area contributed by atoms with Gasteiger partial charge in [0.2, 0.25) is 0 Å². The van der Waals surface area contributed by atoms with E-state index in [9.17, 15) is 0 Å². The van der Waals surface area contributed by atoms with E-state index in [0.717, 1.165) is 59.9 Å². The number of rotatable bonds is 5. The number of H-pyrrole nitrogens is 1. The van der Waals surface area contributed by atoms with Crippen LogP contribution in [-0.2, 0) is 4.74 Å². The second-order valence-corrected chi connectivity index (χ2v) is 6.95. The van der Waals surface area contributed by atoms with Crippen LogP contribution in [0.15, 0.2) is 43.0 Å². The molecule has 5 heterocycles. The van der Waals surface area contributed by atoms with Gasteiger partial charge < -0.3 is 19.8 Å². The molecule has 2 N–H and O–H groups in total. The lowest BCUT2D eigenvalue weighted by molar-refractivity contribution is 0.0662. The van der Waals surface area contributed by atoms with Crippen molar-refractivity contribution >= 4 is 22.4 Å². The number of nitrogens with one attached hydrogen (secondary N) is 2. The fourth-order valence-electron chi connectivity index (χ4n) is 3.52. The first kappa shape index (κ1) is 17.6. The Morgan fingerprint density at radius 1 is 1.21 bits per heavy atom. The van der Waals surface area contributed by atoms with Crippen molar-refractivity contribution < 1.29 is 9.47 Å². The number of nitrogens with zero attached hydrogens (tertiary/aromatic N) is 5. The minimum absolute atomic E-state index is 0.336. The molecule has 0 aromatic carbocycles. The van der Waals surface area contributed by atoms with Crippen LogP contribution in [-0.4, -0.2) is 50.0 Å². The van der Waals surface area contributed by atoms with E-state index in [0.29, 0.717) is 12.1 Å². The number of aromatic amines is 1. The maximum absolute atomic E-state index is 5.43. The molecular weight excluding hydrogens is 370 g/mol. The summed E-state index contributed by atoms with van der Waals surface area (Å²) in [4.78, 5) is 16.3. The van der Waals surface area contributed by atoms with Crippen LogP contribution in [0.3, 0.4) is 0 Å². The van der Waals surface area contributed by atoms with Gasteiger partial charge in [0, 0.05) is 43.3 Å². The van der Waals surface area contributed by atoms with E-state index in [1.54, 1.807) is 13.3 Å². The Hall–Kier alpha value is -3.46. The third-order valence-electron chi connectivity index (χ3n) is 5.03. The first-order chi connectivity index (χ1) is 14.3. The largest absolute Gasteiger partial charge is 0.467 e. The molecular formula is C20H21N7O2. The molecule has 1 aliphatic heterocycles. The van der Waals surface area contributed by atoms with Gasteiger partial charge in [-0.3, -0.25) is 4.68 Å². The zero-order valence-corrected chi connectivity index (χ0v) is 16.0. The van der Waals surface area contributed by atoms with Crippen LogP contribution < -0.4 is 10.1 Å². The zero-order valence-electron chi connectivity index (χ0n) is 16.0. The van der Waals surface area contributed by atoms with Gasteiger partial charge in [-0.05, 0) is 25.0 Å². The van der Waals surface area contributed by atoms with Gasteiger partial charge in [-0.1, -0.05) is 0 Å². The summed E-state index contributed by atoms with van der Waals surface area (Å²) in [5, 5.41) is 8.83. The average Bonchev–Trinajstić information content (AvgIpc) is 3.41. The number of pyridine rings is 1. The monoisotopic (exact) mass is 391 g/mol. The van der Waals surface area contributed by atoms with Crippen molar-refractivity contribution in [3.63, 3.8) is 0 Å². The standard InChI is InChI=1S/C20H21N7O2/c1-28-20-21-5-2-16(26-20)18-8-13-10-22-19(9-17(13)25-18)24-14-11-23-27(12-14)15-3-6-29-7-4-15/h2,5,8-12,15,25H,3-4,6-7H2,1H3,(H,22,24). The first-order valence-electron chi connectivity index (χ1n) is 9.53. The molecule has 0 radical (unpaired) electrons. The summed E-state index contributed by atoms with van der Waals surface area (Å²) in [7, 11) is 1.55. The number of hydrogen-bond donors (Lipinski definition) is 2. The Morgan fingerprint density at radius 2 is 2.10 bits per heavy atom. The molecule has 1 aliphatic rings. The molecule has 0 unspecified atom stereocenters. The molecule has 9 heteroatoms. The Labute approximate surface area is 167 Å². The van der Waals surface area contributed by atoms with E-state index in [2.05, 4.69) is 30.4 Å². The number of aromatic nitrogens is 6. The van der Waals surface area contributed by atoms with Gasteiger partial charge in [0.25, 0.3) is 0 Å². The smallest absolute Gasteiger partial charge is 0.316 e. The van der Waals surface area contributed by atoms with Crippen LogP contribution in [0, 0.1) is 0 Å². The molecule has 0 atom stereocenters. The SMILES string of the molecule is COc1nccc(-c2cc3cnc(Nc4cnn(C5CCOCC5)c4)cc3[nH]2)n1. The number of ether oxygens (including phenoxy) is 2. The van der Waals surface area contributed by atoms with Crippen molar-refractivity contribution in [1.29, 1.82) is 0 Å². The molecule has 9 nitrogen and oxygen atoms in total. The molecule has 0 spiro atoms. The van der Waals surface area contributed by atoms with Crippen LogP contribution in [0.5, 0.6) is 6.01 Å². The third kappa shape index (κ3) is 3.64. The molecule has 0 saturated carbocycles. The molecule has 1 fully saturated rings. The molecule has 29 heavy (non-hydrogen) atoms. The van der Waals surface area contributed by atoms with Crippen LogP contribution >= 0.6 is 0 Å². The van der Waals surface area contributed by atoms with Crippen molar-refractivity contribution in [2.75, 3.05) is 25.6 Å². The fourth-order valence-corrected chi connectivity index (χ4v) is 3.52. The first-order valence-corrected chi connectivity index (χ1v) is 9.53. The average molecular weight is 391 g/mol. The van der Waals surface area contributed by atoms with Crippen LogP contribution in [0.25, 0.3) is 22.3 Å². The summed E-state index contributed by atoms with van der Waals surface area (Å²) in [6.45, 7) is 1.58. The van der Waals surface area contributed by atoms with Gasteiger partial charge in [-0.2, -0.15) is 10.1 Å². The number of methoxy groups -OCH3 is 1. The van der Waals surface area contributed by atoms with Gasteiger partial charge in [-0.25, -0.2) is 9.97 Å². The minimum atomic E-state index is 0.336. The second-order valence-electron chi connectivity index (χ2n) is 6.95. The Morgan fingerprint density at radius 3 is 2.97 bits per heavy atom. The van der Waals surface area contributed by atoms with Crippen molar-refractivity contribution in [3.05, 3.63) is 43.0 Å². The molecule has 148 valence electrons. The lowest BCUT2D eigenvalue weighted by Crippen LogP contribution is -2.19. The van der Waals surface area contributed by atoms with Gasteiger partial charge in [-0.15, -0.1) is 0 Å². The van der Waals surface area contributed by atoms with E-state index >= 15 is 0 Å². The predicted octanol–water partition coefficient (Wildman–Crippen LogP) is 3.32. The van der Waals surface area contributed by atoms with E-state index in [1.165, 1.54) is 0 Å². The summed E-state index contributed by atoms with van der Waals surface area (Å²) in [6.07, 6.45) is 9.34. The fraction of sp³-hybridized carbons (Fsp3) is 0.300. The Bertz CT molecular complexity index is 1130. The normalized spacial score (nSPS) is 14.9. The van der Waals surface area contributed by atoms with Crippen molar-refractivity contribution in [2.45, 2.75) is 18.9 Å². The number of anilines is 2. The summed E-state index contributed by atoms with van der Waals surface area (Å²) >= 11 is 0. The maximum atomic E-state index is 5.43. The van der Waals surface area contributed by atoms with Gasteiger partial charge in [0.1, 0.15) is 5.82 Å². The molecule has 0 aliphatic carbocycles. The van der Waals surface area contributed by atoms with Crippen molar-refractivity contribution in [1.82, 2.24) is 29.7 Å². The molecule has 5 rings (SSSR count).